The van der Waals surface area contributed by atoms with E-state index in [4.69, 9.17) is 5.73 Å². The van der Waals surface area contributed by atoms with Crippen LogP contribution in [-0.2, 0) is 6.54 Å². The maximum Gasteiger partial charge on any atom is 0.225 e. The summed E-state index contributed by atoms with van der Waals surface area (Å²) >= 11 is 0. The molecule has 0 amide bonds. The first-order valence-electron chi connectivity index (χ1n) is 7.48. The second-order valence-electron chi connectivity index (χ2n) is 5.91. The lowest BCUT2D eigenvalue weighted by molar-refractivity contribution is 0.520. The first-order valence-corrected chi connectivity index (χ1v) is 7.48. The van der Waals surface area contributed by atoms with Gasteiger partial charge in [-0.25, -0.2) is 9.97 Å². The molecule has 1 fully saturated rings. The summed E-state index contributed by atoms with van der Waals surface area (Å²) in [7, 11) is 0. The molecule has 0 aliphatic heterocycles. The summed E-state index contributed by atoms with van der Waals surface area (Å²) in [6.07, 6.45) is 10.1. The third-order valence-corrected chi connectivity index (χ3v) is 3.90. The minimum Gasteiger partial charge on any atom is -0.338 e. The van der Waals surface area contributed by atoms with E-state index in [1.165, 1.54) is 32.1 Å². The standard InChI is InChI=1S/C15H26N4/c1-12(2)7-8-19(14-5-3-4-6-14)15-17-10-13(9-16)11-18-15/h10-12,14H,3-9,16H2,1-2H3. The lowest BCUT2D eigenvalue weighted by Crippen LogP contribution is -2.36. The Kier molecular flexibility index (Phi) is 5.14. The average molecular weight is 262 g/mol. The molecule has 4 heteroatoms. The van der Waals surface area contributed by atoms with E-state index in [2.05, 4.69) is 28.7 Å². The third kappa shape index (κ3) is 3.90. The van der Waals surface area contributed by atoms with E-state index in [9.17, 15) is 0 Å². The van der Waals surface area contributed by atoms with Gasteiger partial charge in [-0.2, -0.15) is 0 Å². The van der Waals surface area contributed by atoms with Crippen LogP contribution in [0.25, 0.3) is 0 Å². The van der Waals surface area contributed by atoms with Crippen molar-refractivity contribution in [3.05, 3.63) is 18.0 Å². The van der Waals surface area contributed by atoms with Gasteiger partial charge in [-0.15, -0.1) is 0 Å². The summed E-state index contributed by atoms with van der Waals surface area (Å²) in [5.74, 6) is 1.59. The van der Waals surface area contributed by atoms with E-state index in [0.717, 1.165) is 18.1 Å². The highest BCUT2D eigenvalue weighted by Crippen LogP contribution is 2.26. The van der Waals surface area contributed by atoms with Gasteiger partial charge in [0.05, 0.1) is 0 Å². The first-order chi connectivity index (χ1) is 9.20. The van der Waals surface area contributed by atoms with Gasteiger partial charge in [-0.3, -0.25) is 0 Å². The van der Waals surface area contributed by atoms with Crippen LogP contribution in [0.5, 0.6) is 0 Å². The number of hydrogen-bond donors (Lipinski definition) is 1. The molecule has 1 heterocycles. The Labute approximate surface area is 116 Å². The molecule has 2 N–H and O–H groups in total. The summed E-state index contributed by atoms with van der Waals surface area (Å²) in [4.78, 5) is 11.4. The van der Waals surface area contributed by atoms with Gasteiger partial charge in [0.25, 0.3) is 0 Å². The number of anilines is 1. The molecule has 0 saturated heterocycles. The molecule has 1 aromatic rings. The Bertz CT molecular complexity index is 368. The van der Waals surface area contributed by atoms with Gasteiger partial charge in [-0.05, 0) is 25.2 Å². The van der Waals surface area contributed by atoms with Crippen LogP contribution in [0.1, 0.15) is 51.5 Å². The van der Waals surface area contributed by atoms with Crippen molar-refractivity contribution in [2.45, 2.75) is 58.5 Å². The zero-order valence-corrected chi connectivity index (χ0v) is 12.2. The lowest BCUT2D eigenvalue weighted by atomic mass is 10.1. The molecule has 0 spiro atoms. The van der Waals surface area contributed by atoms with Crippen LogP contribution >= 0.6 is 0 Å². The number of nitrogens with two attached hydrogens (primary N) is 1. The van der Waals surface area contributed by atoms with E-state index < -0.39 is 0 Å². The van der Waals surface area contributed by atoms with Gasteiger partial charge in [0.2, 0.25) is 5.95 Å². The molecular weight excluding hydrogens is 236 g/mol. The van der Waals surface area contributed by atoms with E-state index >= 15 is 0 Å². The SMILES string of the molecule is CC(C)CCN(c1ncc(CN)cn1)C1CCCC1. The van der Waals surface area contributed by atoms with Crippen molar-refractivity contribution >= 4 is 5.95 Å². The molecular formula is C15H26N4. The van der Waals surface area contributed by atoms with Gasteiger partial charge >= 0.3 is 0 Å². The van der Waals surface area contributed by atoms with E-state index in [1.807, 2.05) is 12.4 Å². The zero-order valence-electron chi connectivity index (χ0n) is 12.2. The zero-order chi connectivity index (χ0) is 13.7. The third-order valence-electron chi connectivity index (χ3n) is 3.90. The molecule has 106 valence electrons. The Balaban J connectivity index is 2.09. The van der Waals surface area contributed by atoms with Crippen LogP contribution in [0.4, 0.5) is 5.95 Å². The predicted molar refractivity (Wildman–Crippen MR) is 79.0 cm³/mol. The largest absolute Gasteiger partial charge is 0.338 e. The van der Waals surface area contributed by atoms with E-state index in [-0.39, 0.29) is 0 Å². The van der Waals surface area contributed by atoms with Crippen LogP contribution in [0.15, 0.2) is 12.4 Å². The molecule has 2 rings (SSSR count). The second-order valence-corrected chi connectivity index (χ2v) is 5.91. The molecule has 1 aliphatic rings. The summed E-state index contributed by atoms with van der Waals surface area (Å²) in [6.45, 7) is 6.11. The molecule has 0 unspecified atom stereocenters. The van der Waals surface area contributed by atoms with Gasteiger partial charge in [0, 0.05) is 37.1 Å². The molecule has 1 aromatic heterocycles. The van der Waals surface area contributed by atoms with Crippen molar-refractivity contribution < 1.29 is 0 Å². The second kappa shape index (κ2) is 6.85. The van der Waals surface area contributed by atoms with Crippen LogP contribution < -0.4 is 10.6 Å². The molecule has 4 nitrogen and oxygen atoms in total. The van der Waals surface area contributed by atoms with Crippen LogP contribution in [-0.4, -0.2) is 22.6 Å². The maximum atomic E-state index is 5.60. The van der Waals surface area contributed by atoms with Crippen molar-refractivity contribution in [1.82, 2.24) is 9.97 Å². The number of rotatable bonds is 6. The molecule has 0 radical (unpaired) electrons. The normalized spacial score (nSPS) is 16.2. The van der Waals surface area contributed by atoms with Gasteiger partial charge in [0.1, 0.15) is 0 Å². The maximum absolute atomic E-state index is 5.60. The first kappa shape index (κ1) is 14.3. The average Bonchev–Trinajstić information content (AvgIpc) is 2.93. The monoisotopic (exact) mass is 262 g/mol. The molecule has 0 aromatic carbocycles. The molecule has 19 heavy (non-hydrogen) atoms. The van der Waals surface area contributed by atoms with Crippen molar-refractivity contribution in [2.24, 2.45) is 11.7 Å². The summed E-state index contributed by atoms with van der Waals surface area (Å²) in [6, 6.07) is 0.627. The van der Waals surface area contributed by atoms with Crippen LogP contribution in [0.3, 0.4) is 0 Å². The molecule has 0 bridgehead atoms. The molecule has 1 aliphatic carbocycles. The predicted octanol–water partition coefficient (Wildman–Crippen LogP) is 2.73. The van der Waals surface area contributed by atoms with Gasteiger partial charge in [0.15, 0.2) is 0 Å². The van der Waals surface area contributed by atoms with Crippen molar-refractivity contribution in [3.63, 3.8) is 0 Å². The molecule has 1 saturated carbocycles. The fourth-order valence-corrected chi connectivity index (χ4v) is 2.66. The number of nitrogens with zero attached hydrogens (tertiary/aromatic N) is 3. The number of aromatic nitrogens is 2. The summed E-state index contributed by atoms with van der Waals surface area (Å²) in [5, 5.41) is 0. The van der Waals surface area contributed by atoms with E-state index in [1.54, 1.807) is 0 Å². The minimum absolute atomic E-state index is 0.510. The van der Waals surface area contributed by atoms with Crippen LogP contribution in [0.2, 0.25) is 0 Å². The summed E-state index contributed by atoms with van der Waals surface area (Å²) < 4.78 is 0. The van der Waals surface area contributed by atoms with Crippen LogP contribution in [0, 0.1) is 5.92 Å². The Morgan fingerprint density at radius 1 is 1.26 bits per heavy atom. The number of hydrogen-bond acceptors (Lipinski definition) is 4. The lowest BCUT2D eigenvalue weighted by Gasteiger charge is -2.29. The topological polar surface area (TPSA) is 55.0 Å². The highest BCUT2D eigenvalue weighted by Gasteiger charge is 2.24. The minimum atomic E-state index is 0.510. The fraction of sp³-hybridized carbons (Fsp3) is 0.733. The summed E-state index contributed by atoms with van der Waals surface area (Å²) in [5.41, 5.74) is 6.60. The fourth-order valence-electron chi connectivity index (χ4n) is 2.66. The Hall–Kier alpha value is -1.16. The van der Waals surface area contributed by atoms with Gasteiger partial charge < -0.3 is 10.6 Å². The Morgan fingerprint density at radius 3 is 2.42 bits per heavy atom. The van der Waals surface area contributed by atoms with Crippen molar-refractivity contribution in [2.75, 3.05) is 11.4 Å². The quantitative estimate of drug-likeness (QED) is 0.856. The van der Waals surface area contributed by atoms with Crippen molar-refractivity contribution in [3.8, 4) is 0 Å². The van der Waals surface area contributed by atoms with E-state index in [0.29, 0.717) is 18.5 Å². The van der Waals surface area contributed by atoms with Gasteiger partial charge in [-0.1, -0.05) is 26.7 Å². The highest BCUT2D eigenvalue weighted by atomic mass is 15.3. The highest BCUT2D eigenvalue weighted by molar-refractivity contribution is 5.32. The van der Waals surface area contributed by atoms with Crippen molar-refractivity contribution in [1.29, 1.82) is 0 Å². The Morgan fingerprint density at radius 2 is 1.89 bits per heavy atom. The smallest absolute Gasteiger partial charge is 0.225 e. The molecule has 0 atom stereocenters.